The molecular formula is C19H25N2OS+. The predicted molar refractivity (Wildman–Crippen MR) is 94.9 cm³/mol. The summed E-state index contributed by atoms with van der Waals surface area (Å²) >= 11 is 1.82. The summed E-state index contributed by atoms with van der Waals surface area (Å²) < 4.78 is 0. The minimum atomic E-state index is 0.178. The molecular weight excluding hydrogens is 304 g/mol. The fourth-order valence-electron chi connectivity index (χ4n) is 3.45. The molecule has 1 saturated heterocycles. The first-order chi connectivity index (χ1) is 11.2. The zero-order valence-electron chi connectivity index (χ0n) is 13.7. The molecule has 0 spiro atoms. The molecule has 0 aliphatic carbocycles. The summed E-state index contributed by atoms with van der Waals surface area (Å²) in [5.41, 5.74) is 2.61. The molecule has 3 rings (SSSR count). The standard InChI is InChI=1S/C19H24N2OS/c1-15-6-2-3-7-16(15)10-11-20-19(22)14-21-12-4-8-17(21)18-9-5-13-23-18/h2-3,5-7,9,13,17H,4,8,10-12,14H2,1H3,(H,20,22)/p+1/t17-/m1/s1. The Balaban J connectivity index is 1.47. The summed E-state index contributed by atoms with van der Waals surface area (Å²) in [6.45, 7) is 4.54. The van der Waals surface area contributed by atoms with Crippen LogP contribution < -0.4 is 10.2 Å². The average molecular weight is 329 g/mol. The first-order valence-electron chi connectivity index (χ1n) is 8.43. The van der Waals surface area contributed by atoms with Crippen molar-refractivity contribution in [2.75, 3.05) is 19.6 Å². The van der Waals surface area contributed by atoms with Gasteiger partial charge in [-0.05, 0) is 35.9 Å². The molecule has 1 aromatic carbocycles. The smallest absolute Gasteiger partial charge is 0.275 e. The van der Waals surface area contributed by atoms with E-state index < -0.39 is 0 Å². The number of hydrogen-bond donors (Lipinski definition) is 2. The van der Waals surface area contributed by atoms with E-state index in [1.165, 1.54) is 33.7 Å². The molecule has 1 fully saturated rings. The lowest BCUT2D eigenvalue weighted by Crippen LogP contribution is -3.11. The minimum Gasteiger partial charge on any atom is -0.351 e. The number of rotatable bonds is 6. The van der Waals surface area contributed by atoms with E-state index in [2.05, 4.69) is 54.0 Å². The number of carbonyl (C=O) groups is 1. The van der Waals surface area contributed by atoms with Gasteiger partial charge in [-0.3, -0.25) is 4.79 Å². The minimum absolute atomic E-state index is 0.178. The molecule has 1 amide bonds. The lowest BCUT2D eigenvalue weighted by Gasteiger charge is -2.20. The molecule has 1 aliphatic rings. The predicted octanol–water partition coefficient (Wildman–Crippen LogP) is 2.14. The van der Waals surface area contributed by atoms with E-state index in [9.17, 15) is 4.79 Å². The van der Waals surface area contributed by atoms with Crippen molar-refractivity contribution >= 4 is 17.2 Å². The van der Waals surface area contributed by atoms with Gasteiger partial charge in [0, 0.05) is 19.4 Å². The number of thiophene rings is 1. The SMILES string of the molecule is Cc1ccccc1CCNC(=O)C[NH+]1CCC[C@@H]1c1cccs1. The largest absolute Gasteiger partial charge is 0.351 e. The van der Waals surface area contributed by atoms with Crippen molar-refractivity contribution in [1.29, 1.82) is 0 Å². The highest BCUT2D eigenvalue weighted by Crippen LogP contribution is 2.23. The summed E-state index contributed by atoms with van der Waals surface area (Å²) in [5.74, 6) is 0.178. The summed E-state index contributed by atoms with van der Waals surface area (Å²) in [7, 11) is 0. The van der Waals surface area contributed by atoms with Crippen LogP contribution in [0.1, 0.15) is 34.9 Å². The zero-order chi connectivity index (χ0) is 16.1. The Morgan fingerprint density at radius 2 is 2.17 bits per heavy atom. The Morgan fingerprint density at radius 3 is 2.96 bits per heavy atom. The van der Waals surface area contributed by atoms with Crippen LogP contribution in [-0.4, -0.2) is 25.5 Å². The topological polar surface area (TPSA) is 33.5 Å². The second kappa shape index (κ2) is 7.75. The number of aryl methyl sites for hydroxylation is 1. The van der Waals surface area contributed by atoms with Gasteiger partial charge in [0.15, 0.2) is 6.54 Å². The van der Waals surface area contributed by atoms with Crippen LogP contribution in [0.15, 0.2) is 41.8 Å². The van der Waals surface area contributed by atoms with Crippen molar-refractivity contribution in [3.63, 3.8) is 0 Å². The number of amides is 1. The Morgan fingerprint density at radius 1 is 1.30 bits per heavy atom. The Labute approximate surface area is 142 Å². The van der Waals surface area contributed by atoms with Gasteiger partial charge in [0.25, 0.3) is 5.91 Å². The molecule has 2 heterocycles. The summed E-state index contributed by atoms with van der Waals surface area (Å²) in [6, 6.07) is 13.2. The van der Waals surface area contributed by atoms with Crippen molar-refractivity contribution in [1.82, 2.24) is 5.32 Å². The monoisotopic (exact) mass is 329 g/mol. The van der Waals surface area contributed by atoms with Crippen molar-refractivity contribution < 1.29 is 9.69 Å². The molecule has 0 bridgehead atoms. The van der Waals surface area contributed by atoms with Crippen molar-refractivity contribution in [2.45, 2.75) is 32.2 Å². The van der Waals surface area contributed by atoms with Gasteiger partial charge >= 0.3 is 0 Å². The van der Waals surface area contributed by atoms with E-state index in [4.69, 9.17) is 0 Å². The lowest BCUT2D eigenvalue weighted by molar-refractivity contribution is -0.910. The maximum Gasteiger partial charge on any atom is 0.275 e. The van der Waals surface area contributed by atoms with Gasteiger partial charge < -0.3 is 10.2 Å². The summed E-state index contributed by atoms with van der Waals surface area (Å²) in [6.07, 6.45) is 3.32. The summed E-state index contributed by atoms with van der Waals surface area (Å²) in [5, 5.41) is 5.23. The highest BCUT2D eigenvalue weighted by Gasteiger charge is 2.31. The Kier molecular flexibility index (Phi) is 5.47. The first kappa shape index (κ1) is 16.2. The number of benzene rings is 1. The van der Waals surface area contributed by atoms with Gasteiger partial charge in [0.05, 0.1) is 11.4 Å². The third kappa shape index (κ3) is 4.21. The van der Waals surface area contributed by atoms with Crippen LogP contribution in [-0.2, 0) is 11.2 Å². The molecule has 2 atom stereocenters. The maximum atomic E-state index is 12.3. The highest BCUT2D eigenvalue weighted by molar-refractivity contribution is 7.10. The number of nitrogens with one attached hydrogen (secondary N) is 2. The lowest BCUT2D eigenvalue weighted by atomic mass is 10.1. The maximum absolute atomic E-state index is 12.3. The zero-order valence-corrected chi connectivity index (χ0v) is 14.5. The van der Waals surface area contributed by atoms with Gasteiger partial charge in [0.1, 0.15) is 6.04 Å². The highest BCUT2D eigenvalue weighted by atomic mass is 32.1. The van der Waals surface area contributed by atoms with Crippen LogP contribution in [0, 0.1) is 6.92 Å². The van der Waals surface area contributed by atoms with E-state index in [0.29, 0.717) is 12.6 Å². The molecule has 1 unspecified atom stereocenters. The Hall–Kier alpha value is -1.65. The fourth-order valence-corrected chi connectivity index (χ4v) is 4.37. The van der Waals surface area contributed by atoms with E-state index in [-0.39, 0.29) is 5.91 Å². The van der Waals surface area contributed by atoms with E-state index in [1.54, 1.807) is 0 Å². The molecule has 4 heteroatoms. The second-order valence-corrected chi connectivity index (χ2v) is 7.30. The summed E-state index contributed by atoms with van der Waals surface area (Å²) in [4.78, 5) is 15.1. The fraction of sp³-hybridized carbons (Fsp3) is 0.421. The van der Waals surface area contributed by atoms with E-state index in [0.717, 1.165) is 19.5 Å². The second-order valence-electron chi connectivity index (χ2n) is 6.32. The molecule has 0 radical (unpaired) electrons. The van der Waals surface area contributed by atoms with Gasteiger partial charge in [-0.25, -0.2) is 0 Å². The van der Waals surface area contributed by atoms with Crippen molar-refractivity contribution in [3.05, 3.63) is 57.8 Å². The van der Waals surface area contributed by atoms with Gasteiger partial charge in [-0.1, -0.05) is 30.3 Å². The third-order valence-electron chi connectivity index (χ3n) is 4.74. The van der Waals surface area contributed by atoms with Gasteiger partial charge in [-0.2, -0.15) is 0 Å². The van der Waals surface area contributed by atoms with E-state index >= 15 is 0 Å². The third-order valence-corrected chi connectivity index (χ3v) is 5.72. The van der Waals surface area contributed by atoms with Crippen LogP contribution in [0.5, 0.6) is 0 Å². The number of likely N-dealkylation sites (tertiary alicyclic amines) is 1. The number of quaternary nitrogens is 1. The van der Waals surface area contributed by atoms with Crippen molar-refractivity contribution in [2.24, 2.45) is 0 Å². The molecule has 2 aromatic rings. The van der Waals surface area contributed by atoms with Crippen molar-refractivity contribution in [3.8, 4) is 0 Å². The van der Waals surface area contributed by atoms with E-state index in [1.807, 2.05) is 11.3 Å². The first-order valence-corrected chi connectivity index (χ1v) is 9.31. The van der Waals surface area contributed by atoms with Crippen LogP contribution in [0.3, 0.4) is 0 Å². The number of carbonyl (C=O) groups excluding carboxylic acids is 1. The normalized spacial score (nSPS) is 20.6. The van der Waals surface area contributed by atoms with Crippen LogP contribution in [0.2, 0.25) is 0 Å². The van der Waals surface area contributed by atoms with Crippen LogP contribution in [0.4, 0.5) is 0 Å². The quantitative estimate of drug-likeness (QED) is 0.836. The molecule has 122 valence electrons. The molecule has 1 aromatic heterocycles. The van der Waals surface area contributed by atoms with Gasteiger partial charge in [0.2, 0.25) is 0 Å². The molecule has 2 N–H and O–H groups in total. The van der Waals surface area contributed by atoms with Crippen LogP contribution in [0.25, 0.3) is 0 Å². The average Bonchev–Trinajstić information content (AvgIpc) is 3.20. The molecule has 1 aliphatic heterocycles. The molecule has 23 heavy (non-hydrogen) atoms. The Bertz CT molecular complexity index is 639. The number of hydrogen-bond acceptors (Lipinski definition) is 2. The van der Waals surface area contributed by atoms with Gasteiger partial charge in [-0.15, -0.1) is 11.3 Å². The molecule has 3 nitrogen and oxygen atoms in total. The van der Waals surface area contributed by atoms with Crippen LogP contribution >= 0.6 is 11.3 Å². The molecule has 0 saturated carbocycles.